The van der Waals surface area contributed by atoms with Crippen molar-refractivity contribution in [3.05, 3.63) is 65.9 Å². The van der Waals surface area contributed by atoms with Gasteiger partial charge in [-0.15, -0.1) is 5.10 Å². The maximum Gasteiger partial charge on any atom is 0.430 e. The summed E-state index contributed by atoms with van der Waals surface area (Å²) in [6.07, 6.45) is -0.393. The molecule has 1 aromatic carbocycles. The van der Waals surface area contributed by atoms with E-state index >= 15 is 0 Å². The maximum atomic E-state index is 10.5. The van der Waals surface area contributed by atoms with Crippen LogP contribution in [0.15, 0.2) is 48.9 Å². The second kappa shape index (κ2) is 10.9. The molecule has 0 spiro atoms. The number of anilines is 2. The van der Waals surface area contributed by atoms with Crippen LogP contribution in [0.5, 0.6) is 0 Å². The number of aromatic amines is 1. The van der Waals surface area contributed by atoms with Gasteiger partial charge >= 0.3 is 6.18 Å². The molecule has 0 aliphatic rings. The lowest BCUT2D eigenvalue weighted by atomic mass is 10.1. The lowest BCUT2D eigenvalue weighted by Gasteiger charge is -2.03. The molecule has 180 valence electrons. The van der Waals surface area contributed by atoms with Crippen molar-refractivity contribution in [3.8, 4) is 17.3 Å². The van der Waals surface area contributed by atoms with Gasteiger partial charge in [-0.3, -0.25) is 5.10 Å². The number of nitrogens with zero attached hydrogens (tertiary/aromatic N) is 7. The molecule has 12 nitrogen and oxygen atoms in total. The average Bonchev–Trinajstić information content (AvgIpc) is 3.49. The van der Waals surface area contributed by atoms with Crippen molar-refractivity contribution in [2.75, 3.05) is 5.32 Å². The molecule has 0 bridgehead atoms. The molecular weight excluding hydrogens is 469 g/mol. The normalized spacial score (nSPS) is 10.7. The van der Waals surface area contributed by atoms with E-state index in [9.17, 15) is 13.2 Å². The molecule has 0 amide bonds. The van der Waals surface area contributed by atoms with Crippen LogP contribution in [0.3, 0.4) is 0 Å². The number of hydrogen-bond acceptors (Lipinski definition) is 9. The van der Waals surface area contributed by atoms with Crippen LogP contribution in [0.2, 0.25) is 0 Å². The number of carboxylic acids is 1. The van der Waals surface area contributed by atoms with E-state index in [0.717, 1.165) is 22.5 Å². The van der Waals surface area contributed by atoms with E-state index in [1.807, 2.05) is 42.6 Å². The van der Waals surface area contributed by atoms with Gasteiger partial charge in [-0.05, 0) is 11.1 Å². The highest BCUT2D eigenvalue weighted by molar-refractivity contribution is 5.70. The molecule has 15 heteroatoms. The van der Waals surface area contributed by atoms with Crippen molar-refractivity contribution in [2.45, 2.75) is 19.3 Å². The van der Waals surface area contributed by atoms with Gasteiger partial charge in [-0.25, -0.2) is 14.6 Å². The molecule has 5 N–H and O–H groups in total. The van der Waals surface area contributed by atoms with Gasteiger partial charge in [-0.2, -0.15) is 23.5 Å². The first-order chi connectivity index (χ1) is 16.7. The lowest BCUT2D eigenvalue weighted by molar-refractivity contribution is -0.387. The number of hydrogen-bond donors (Lipinski definition) is 3. The Bertz CT molecular complexity index is 1310. The summed E-state index contributed by atoms with van der Waals surface area (Å²) in [5.74, 6) is -1.88. The Morgan fingerprint density at radius 3 is 2.46 bits per heavy atom. The van der Waals surface area contributed by atoms with Gasteiger partial charge in [0.15, 0.2) is 11.5 Å². The van der Waals surface area contributed by atoms with E-state index in [1.165, 1.54) is 12.4 Å². The number of quaternary nitrogens is 1. The number of nitrogens with one attached hydrogen (secondary N) is 2. The number of carbonyl (C=O) groups is 1. The summed E-state index contributed by atoms with van der Waals surface area (Å²) in [6.45, 7) is 1.28. The van der Waals surface area contributed by atoms with Crippen molar-refractivity contribution in [2.24, 2.45) is 0 Å². The van der Waals surface area contributed by atoms with Gasteiger partial charge in [0.1, 0.15) is 30.1 Å². The first-order valence-corrected chi connectivity index (χ1v) is 9.78. The molecule has 35 heavy (non-hydrogen) atoms. The number of aliphatic carboxylic acids is 1. The van der Waals surface area contributed by atoms with Crippen molar-refractivity contribution >= 4 is 17.6 Å². The third-order valence-corrected chi connectivity index (χ3v) is 4.28. The van der Waals surface area contributed by atoms with Crippen molar-refractivity contribution in [1.29, 1.82) is 5.26 Å². The second-order valence-electron chi connectivity index (χ2n) is 6.83. The number of rotatable bonds is 6. The molecule has 0 fully saturated rings. The fraction of sp³-hybridized carbons (Fsp3) is 0.150. The monoisotopic (exact) mass is 486 g/mol. The van der Waals surface area contributed by atoms with Gasteiger partial charge in [0.05, 0.1) is 30.8 Å². The number of alkyl halides is 3. The Balaban J connectivity index is 0.000000429. The highest BCUT2D eigenvalue weighted by atomic mass is 19.4. The smallest absolute Gasteiger partial charge is 0.430 e. The first-order valence-electron chi connectivity index (χ1n) is 9.78. The molecule has 0 saturated heterocycles. The standard InChI is InChI=1S/C18H16N10.C2HF3O2/c19-6-14-8-22-18(9-21-14)23-17-5-16(25-26-17)13-3-1-12(2-4-13)10-28-11-15(7-20)24-27-28;3-2(4,5)1(6)7/h1-5,8-9,11H,7,10,20H2,(H2,22,23,25,26);(H,6,7). The summed E-state index contributed by atoms with van der Waals surface area (Å²) in [7, 11) is 0. The molecule has 0 radical (unpaired) electrons. The Labute approximate surface area is 195 Å². The summed E-state index contributed by atoms with van der Waals surface area (Å²) in [5, 5.41) is 36.0. The fourth-order valence-corrected chi connectivity index (χ4v) is 2.62. The van der Waals surface area contributed by atoms with Gasteiger partial charge in [0.2, 0.25) is 0 Å². The average molecular weight is 486 g/mol. The molecular formula is C20H17F3N10O2. The Hall–Kier alpha value is -4.84. The molecule has 0 aliphatic carbocycles. The zero-order chi connectivity index (χ0) is 25.4. The van der Waals surface area contributed by atoms with Crippen molar-refractivity contribution < 1.29 is 28.8 Å². The summed E-state index contributed by atoms with van der Waals surface area (Å²) in [6, 6.07) is 11.9. The third-order valence-electron chi connectivity index (χ3n) is 4.28. The zero-order valence-corrected chi connectivity index (χ0v) is 17.8. The quantitative estimate of drug-likeness (QED) is 0.341. The van der Waals surface area contributed by atoms with E-state index in [0.29, 0.717) is 24.7 Å². The van der Waals surface area contributed by atoms with Crippen LogP contribution in [0.4, 0.5) is 24.8 Å². The largest absolute Gasteiger partial charge is 0.542 e. The number of halogens is 3. The molecule has 0 unspecified atom stereocenters. The number of benzene rings is 1. The summed E-state index contributed by atoms with van der Waals surface area (Å²) >= 11 is 0. The highest BCUT2D eigenvalue weighted by Crippen LogP contribution is 2.22. The lowest BCUT2D eigenvalue weighted by Crippen LogP contribution is -2.47. The van der Waals surface area contributed by atoms with Crippen LogP contribution in [0.1, 0.15) is 17.0 Å². The first kappa shape index (κ1) is 24.8. The van der Waals surface area contributed by atoms with Gasteiger partial charge in [0.25, 0.3) is 0 Å². The molecule has 4 aromatic rings. The minimum atomic E-state index is -5.19. The Morgan fingerprint density at radius 1 is 1.20 bits per heavy atom. The minimum Gasteiger partial charge on any atom is -0.542 e. The van der Waals surface area contributed by atoms with E-state index in [4.69, 9.17) is 15.2 Å². The summed E-state index contributed by atoms with van der Waals surface area (Å²) in [5.41, 5.74) is 7.95. The van der Waals surface area contributed by atoms with E-state index < -0.39 is 12.1 Å². The second-order valence-corrected chi connectivity index (χ2v) is 6.83. The molecule has 4 rings (SSSR count). The van der Waals surface area contributed by atoms with Crippen LogP contribution in [0, 0.1) is 11.3 Å². The highest BCUT2D eigenvalue weighted by Gasteiger charge is 2.28. The Kier molecular flexibility index (Phi) is 7.69. The fourth-order valence-electron chi connectivity index (χ4n) is 2.62. The van der Waals surface area contributed by atoms with Crippen molar-refractivity contribution in [1.82, 2.24) is 35.2 Å². The van der Waals surface area contributed by atoms with Gasteiger partial charge in [-0.1, -0.05) is 29.5 Å². The number of carbonyl (C=O) groups excluding carboxylic acids is 1. The molecule has 0 aliphatic heterocycles. The maximum absolute atomic E-state index is 10.5. The van der Waals surface area contributed by atoms with E-state index in [2.05, 4.69) is 41.5 Å². The van der Waals surface area contributed by atoms with Gasteiger partial charge in [0, 0.05) is 6.07 Å². The molecule has 3 aromatic heterocycles. The van der Waals surface area contributed by atoms with Gasteiger partial charge < -0.3 is 21.0 Å². The SMILES string of the molecule is N#Cc1cnc(Nc2cc(-c3ccc(Cn4cc(C[NH3+])nn4)cc3)[nH]n2)cn1.O=C([O-])C(F)(F)F. The minimum absolute atomic E-state index is 0.266. The van der Waals surface area contributed by atoms with Crippen LogP contribution in [-0.4, -0.2) is 47.3 Å². The summed E-state index contributed by atoms with van der Waals surface area (Å²) in [4.78, 5) is 16.9. The molecule has 3 heterocycles. The number of H-pyrrole nitrogens is 1. The third kappa shape index (κ3) is 7.07. The van der Waals surface area contributed by atoms with E-state index in [1.54, 1.807) is 4.68 Å². The van der Waals surface area contributed by atoms with Crippen molar-refractivity contribution in [3.63, 3.8) is 0 Å². The van der Waals surface area contributed by atoms with Crippen LogP contribution in [-0.2, 0) is 17.9 Å². The predicted octanol–water partition coefficient (Wildman–Crippen LogP) is 0.162. The zero-order valence-electron chi connectivity index (χ0n) is 17.8. The topological polar surface area (TPSA) is 189 Å². The number of aromatic nitrogens is 7. The molecule has 0 saturated carbocycles. The van der Waals surface area contributed by atoms with Crippen LogP contribution >= 0.6 is 0 Å². The molecule has 0 atom stereocenters. The van der Waals surface area contributed by atoms with E-state index in [-0.39, 0.29) is 5.69 Å². The number of nitriles is 1. The van der Waals surface area contributed by atoms with Crippen LogP contribution < -0.4 is 16.2 Å². The predicted molar refractivity (Wildman–Crippen MR) is 111 cm³/mol. The Morgan fingerprint density at radius 2 is 1.91 bits per heavy atom. The van der Waals surface area contributed by atoms with Crippen LogP contribution in [0.25, 0.3) is 11.3 Å². The summed E-state index contributed by atoms with van der Waals surface area (Å²) < 4.78 is 33.3. The number of carboxylic acid groups (broad SMARTS) is 1.